The van der Waals surface area contributed by atoms with E-state index < -0.39 is 16.1 Å². The van der Waals surface area contributed by atoms with Gasteiger partial charge in [0.25, 0.3) is 16.8 Å². The van der Waals surface area contributed by atoms with Gasteiger partial charge < -0.3 is 9.84 Å². The fourth-order valence-electron chi connectivity index (χ4n) is 2.66. The Hall–Kier alpha value is -2.82. The van der Waals surface area contributed by atoms with Gasteiger partial charge in [-0.2, -0.15) is 0 Å². The molecule has 2 aromatic carbocycles. The first-order chi connectivity index (χ1) is 14.5. The molecule has 0 radical (unpaired) electrons. The van der Waals surface area contributed by atoms with Crippen molar-refractivity contribution in [2.75, 3.05) is 25.5 Å². The van der Waals surface area contributed by atoms with E-state index in [4.69, 9.17) is 9.84 Å². The minimum Gasteiger partial charge on any atom is -0.492 e. The Bertz CT molecular complexity index is 981. The summed E-state index contributed by atoms with van der Waals surface area (Å²) in [5, 5.41) is 19.8. The summed E-state index contributed by atoms with van der Waals surface area (Å²) in [6.45, 7) is 0.177. The highest BCUT2D eigenvalue weighted by molar-refractivity contribution is 8.18. The molecule has 0 bridgehead atoms. The predicted molar refractivity (Wildman–Crippen MR) is 116 cm³/mol. The molecule has 0 atom stereocenters. The molecule has 2 aromatic rings. The molecule has 1 fully saturated rings. The van der Waals surface area contributed by atoms with Crippen LogP contribution in [0, 0.1) is 10.1 Å². The lowest BCUT2D eigenvalue weighted by Crippen LogP contribution is -2.32. The predicted octanol–water partition coefficient (Wildman–Crippen LogP) is 3.79. The van der Waals surface area contributed by atoms with Gasteiger partial charge in [-0.05, 0) is 41.6 Å². The number of ether oxygens (including phenoxy) is 1. The second-order valence-corrected chi connectivity index (χ2v) is 8.18. The number of hydrogen-bond donors (Lipinski definition) is 1. The van der Waals surface area contributed by atoms with Gasteiger partial charge >= 0.3 is 0 Å². The Labute approximate surface area is 181 Å². The van der Waals surface area contributed by atoms with Crippen LogP contribution < -0.4 is 4.74 Å². The number of hydrogen-bond acceptors (Lipinski definition) is 8. The highest BCUT2D eigenvalue weighted by atomic mass is 32.2. The maximum Gasteiger partial charge on any atom is 0.293 e. The maximum atomic E-state index is 12.6. The van der Waals surface area contributed by atoms with Crippen molar-refractivity contribution in [2.45, 2.75) is 4.90 Å². The first kappa shape index (κ1) is 21.9. The molecule has 3 rings (SSSR count). The standard InChI is InChI=1S/C20H18N2O6S2/c23-9-11-29-17-7-6-14(12-16(17)22(26)27)13-18-19(24)21(20(25)30-18)8-10-28-15-4-2-1-3-5-15/h1-7,12-13,23H,8-11H2/b18-13-. The lowest BCUT2D eigenvalue weighted by atomic mass is 10.2. The number of imide groups is 1. The van der Waals surface area contributed by atoms with E-state index in [9.17, 15) is 19.7 Å². The average molecular weight is 447 g/mol. The van der Waals surface area contributed by atoms with Gasteiger partial charge in [0.05, 0.1) is 27.9 Å². The number of thioether (sulfide) groups is 2. The largest absolute Gasteiger partial charge is 0.492 e. The van der Waals surface area contributed by atoms with Crippen molar-refractivity contribution in [1.29, 1.82) is 0 Å². The Morgan fingerprint density at radius 1 is 1.20 bits per heavy atom. The Kier molecular flexibility index (Phi) is 7.50. The number of rotatable bonds is 9. The number of carbonyl (C=O) groups is 2. The zero-order chi connectivity index (χ0) is 21.5. The van der Waals surface area contributed by atoms with Crippen LogP contribution in [0.3, 0.4) is 0 Å². The van der Waals surface area contributed by atoms with Crippen molar-refractivity contribution in [3.05, 3.63) is 69.1 Å². The summed E-state index contributed by atoms with van der Waals surface area (Å²) >= 11 is 1.96. The average Bonchev–Trinajstić information content (AvgIpc) is 3.00. The number of nitrogens with zero attached hydrogens (tertiary/aromatic N) is 2. The van der Waals surface area contributed by atoms with Crippen LogP contribution in [-0.4, -0.2) is 51.6 Å². The van der Waals surface area contributed by atoms with Gasteiger partial charge in [0, 0.05) is 11.8 Å². The molecule has 1 aliphatic heterocycles. The van der Waals surface area contributed by atoms with Crippen LogP contribution in [0.5, 0.6) is 5.75 Å². The van der Waals surface area contributed by atoms with Crippen LogP contribution in [-0.2, 0) is 4.79 Å². The zero-order valence-corrected chi connectivity index (χ0v) is 17.4. The van der Waals surface area contributed by atoms with E-state index in [-0.39, 0.29) is 30.4 Å². The highest BCUT2D eigenvalue weighted by Crippen LogP contribution is 2.34. The summed E-state index contributed by atoms with van der Waals surface area (Å²) in [4.78, 5) is 37.3. The molecule has 0 unspecified atom stereocenters. The van der Waals surface area contributed by atoms with Crippen molar-refractivity contribution in [2.24, 2.45) is 0 Å². The number of nitro groups is 1. The van der Waals surface area contributed by atoms with Crippen molar-refractivity contribution in [3.8, 4) is 5.75 Å². The minimum absolute atomic E-state index is 0.0926. The first-order valence-corrected chi connectivity index (χ1v) is 10.7. The third-order valence-corrected chi connectivity index (χ3v) is 5.98. The number of amides is 2. The summed E-state index contributed by atoms with van der Waals surface area (Å²) in [5.74, 6) is 0.527. The van der Waals surface area contributed by atoms with E-state index in [0.717, 1.165) is 16.7 Å². The van der Waals surface area contributed by atoms with Crippen LogP contribution in [0.25, 0.3) is 6.08 Å². The lowest BCUT2D eigenvalue weighted by Gasteiger charge is -2.13. The first-order valence-electron chi connectivity index (χ1n) is 8.95. The molecule has 0 spiro atoms. The lowest BCUT2D eigenvalue weighted by molar-refractivity contribution is -0.387. The van der Waals surface area contributed by atoms with Gasteiger partial charge in [-0.1, -0.05) is 24.3 Å². The third-order valence-electron chi connectivity index (χ3n) is 4.03. The fraction of sp³-hybridized carbons (Fsp3) is 0.200. The monoisotopic (exact) mass is 446 g/mol. The summed E-state index contributed by atoms with van der Waals surface area (Å²) < 4.78 is 5.54. The normalized spacial score (nSPS) is 15.1. The Morgan fingerprint density at radius 2 is 1.97 bits per heavy atom. The number of benzene rings is 2. The van der Waals surface area contributed by atoms with Gasteiger partial charge in [-0.25, -0.2) is 0 Å². The Balaban J connectivity index is 1.70. The van der Waals surface area contributed by atoms with E-state index >= 15 is 0 Å². The van der Waals surface area contributed by atoms with E-state index in [1.165, 1.54) is 23.9 Å². The molecular weight excluding hydrogens is 428 g/mol. The quantitative estimate of drug-likeness (QED) is 0.268. The molecule has 1 aliphatic rings. The number of para-hydroxylation sites is 1. The third kappa shape index (κ3) is 5.41. The molecule has 1 heterocycles. The van der Waals surface area contributed by atoms with Crippen LogP contribution in [0.1, 0.15) is 5.56 Å². The SMILES string of the molecule is O=C1S/C(=C\c2ccc(SCCO)c([N+](=O)[O-])c2)C(=O)N1CCOc1ccccc1. The van der Waals surface area contributed by atoms with Gasteiger partial charge in [-0.15, -0.1) is 11.8 Å². The summed E-state index contributed by atoms with van der Waals surface area (Å²) in [5.41, 5.74) is 0.332. The smallest absolute Gasteiger partial charge is 0.293 e. The summed E-state index contributed by atoms with van der Waals surface area (Å²) in [7, 11) is 0. The molecule has 8 nitrogen and oxygen atoms in total. The number of aliphatic hydroxyl groups excluding tert-OH is 1. The van der Waals surface area contributed by atoms with Gasteiger partial charge in [0.15, 0.2) is 0 Å². The molecule has 2 amide bonds. The van der Waals surface area contributed by atoms with Crippen LogP contribution >= 0.6 is 23.5 Å². The van der Waals surface area contributed by atoms with E-state index in [2.05, 4.69) is 0 Å². The van der Waals surface area contributed by atoms with Gasteiger partial charge in [-0.3, -0.25) is 24.6 Å². The van der Waals surface area contributed by atoms with E-state index in [0.29, 0.717) is 22.0 Å². The van der Waals surface area contributed by atoms with Crippen molar-refractivity contribution < 1.29 is 24.4 Å². The second kappa shape index (κ2) is 10.3. The molecule has 0 aliphatic carbocycles. The highest BCUT2D eigenvalue weighted by Gasteiger charge is 2.35. The molecule has 1 saturated heterocycles. The van der Waals surface area contributed by atoms with Crippen molar-refractivity contribution in [3.63, 3.8) is 0 Å². The fourth-order valence-corrected chi connectivity index (χ4v) is 4.28. The Morgan fingerprint density at radius 3 is 2.67 bits per heavy atom. The zero-order valence-electron chi connectivity index (χ0n) is 15.7. The van der Waals surface area contributed by atoms with Gasteiger partial charge in [0.1, 0.15) is 12.4 Å². The van der Waals surface area contributed by atoms with Crippen LogP contribution in [0.15, 0.2) is 58.3 Å². The molecule has 156 valence electrons. The van der Waals surface area contributed by atoms with Crippen molar-refractivity contribution >= 4 is 46.4 Å². The van der Waals surface area contributed by atoms with Crippen LogP contribution in [0.2, 0.25) is 0 Å². The molecular formula is C20H18N2O6S2. The topological polar surface area (TPSA) is 110 Å². The molecule has 10 heteroatoms. The molecule has 30 heavy (non-hydrogen) atoms. The molecule has 0 saturated carbocycles. The molecule has 1 N–H and O–H groups in total. The second-order valence-electron chi connectivity index (χ2n) is 6.05. The molecule has 0 aromatic heterocycles. The number of carbonyl (C=O) groups excluding carboxylic acids is 2. The summed E-state index contributed by atoms with van der Waals surface area (Å²) in [6, 6.07) is 13.6. The number of nitro benzene ring substituents is 1. The van der Waals surface area contributed by atoms with E-state index in [1.807, 2.05) is 18.2 Å². The number of aliphatic hydroxyl groups is 1. The van der Waals surface area contributed by atoms with Crippen LogP contribution in [0.4, 0.5) is 10.5 Å². The minimum atomic E-state index is -0.510. The summed E-state index contributed by atoms with van der Waals surface area (Å²) in [6.07, 6.45) is 1.47. The van der Waals surface area contributed by atoms with Crippen molar-refractivity contribution in [1.82, 2.24) is 4.90 Å². The van der Waals surface area contributed by atoms with E-state index in [1.54, 1.807) is 24.3 Å². The van der Waals surface area contributed by atoms with Gasteiger partial charge in [0.2, 0.25) is 0 Å². The maximum absolute atomic E-state index is 12.6.